The maximum atomic E-state index is 11.1. The van der Waals surface area contributed by atoms with Crippen molar-refractivity contribution in [3.8, 4) is 0 Å². The fraction of sp³-hybridized carbons (Fsp3) is 0.778. The van der Waals surface area contributed by atoms with Crippen molar-refractivity contribution >= 4 is 11.7 Å². The Morgan fingerprint density at radius 1 is 1.50 bits per heavy atom. The highest BCUT2D eigenvalue weighted by molar-refractivity contribution is 5.79. The van der Waals surface area contributed by atoms with Gasteiger partial charge in [-0.1, -0.05) is 19.0 Å². The summed E-state index contributed by atoms with van der Waals surface area (Å²) in [7, 11) is 0. The van der Waals surface area contributed by atoms with Crippen molar-refractivity contribution in [2.45, 2.75) is 33.1 Å². The molecule has 0 fully saturated rings. The summed E-state index contributed by atoms with van der Waals surface area (Å²) in [5.41, 5.74) is 5.28. The molecule has 0 atom stereocenters. The molecule has 0 aromatic carbocycles. The van der Waals surface area contributed by atoms with E-state index >= 15 is 0 Å². The van der Waals surface area contributed by atoms with Crippen LogP contribution in [0.4, 0.5) is 0 Å². The van der Waals surface area contributed by atoms with Crippen molar-refractivity contribution in [2.75, 3.05) is 6.54 Å². The van der Waals surface area contributed by atoms with Crippen LogP contribution in [0.1, 0.15) is 33.1 Å². The molecule has 0 aliphatic carbocycles. The summed E-state index contributed by atoms with van der Waals surface area (Å²) >= 11 is 0. The molecule has 14 heavy (non-hydrogen) atoms. The standard InChI is InChI=1S/C9H19N3O2/c1-7(2)9(13)11-6-4-3-5-8(10)12-14/h7,14H,3-6H2,1-2H3,(H2,10,12)(H,11,13). The van der Waals surface area contributed by atoms with Crippen molar-refractivity contribution in [1.82, 2.24) is 5.32 Å². The second-order valence-corrected chi connectivity index (χ2v) is 3.49. The average Bonchev–Trinajstić information content (AvgIpc) is 2.16. The molecule has 0 rings (SSSR count). The fourth-order valence-corrected chi connectivity index (χ4v) is 0.897. The van der Waals surface area contributed by atoms with Crippen LogP contribution >= 0.6 is 0 Å². The van der Waals surface area contributed by atoms with Crippen molar-refractivity contribution < 1.29 is 10.0 Å². The van der Waals surface area contributed by atoms with E-state index in [9.17, 15) is 4.79 Å². The third-order valence-electron chi connectivity index (χ3n) is 1.81. The zero-order chi connectivity index (χ0) is 11.0. The summed E-state index contributed by atoms with van der Waals surface area (Å²) in [6, 6.07) is 0. The molecule has 0 aliphatic rings. The van der Waals surface area contributed by atoms with Crippen molar-refractivity contribution in [2.24, 2.45) is 16.8 Å². The summed E-state index contributed by atoms with van der Waals surface area (Å²) < 4.78 is 0. The Labute approximate surface area is 84.4 Å². The predicted molar refractivity (Wildman–Crippen MR) is 55.1 cm³/mol. The van der Waals surface area contributed by atoms with Crippen molar-refractivity contribution in [3.63, 3.8) is 0 Å². The number of hydrogen-bond donors (Lipinski definition) is 3. The molecule has 0 spiro atoms. The molecule has 0 saturated heterocycles. The van der Waals surface area contributed by atoms with Crippen LogP contribution in [-0.4, -0.2) is 23.5 Å². The van der Waals surface area contributed by atoms with Crippen LogP contribution in [0.3, 0.4) is 0 Å². The van der Waals surface area contributed by atoms with E-state index in [0.717, 1.165) is 12.8 Å². The van der Waals surface area contributed by atoms with Gasteiger partial charge in [-0.15, -0.1) is 0 Å². The zero-order valence-corrected chi connectivity index (χ0v) is 8.79. The SMILES string of the molecule is CC(C)C(=O)NCCCCC(N)=NO. The molecule has 5 nitrogen and oxygen atoms in total. The minimum Gasteiger partial charge on any atom is -0.409 e. The number of oxime groups is 1. The molecular formula is C9H19N3O2. The summed E-state index contributed by atoms with van der Waals surface area (Å²) in [6.07, 6.45) is 2.22. The van der Waals surface area contributed by atoms with E-state index in [1.165, 1.54) is 0 Å². The van der Waals surface area contributed by atoms with Crippen LogP contribution in [0.2, 0.25) is 0 Å². The van der Waals surface area contributed by atoms with Crippen molar-refractivity contribution in [3.05, 3.63) is 0 Å². The number of unbranched alkanes of at least 4 members (excludes halogenated alkanes) is 1. The molecule has 0 aliphatic heterocycles. The summed E-state index contributed by atoms with van der Waals surface area (Å²) in [6.45, 7) is 4.35. The van der Waals surface area contributed by atoms with Crippen LogP contribution in [-0.2, 0) is 4.79 Å². The van der Waals surface area contributed by atoms with Crippen LogP contribution in [0.5, 0.6) is 0 Å². The second-order valence-electron chi connectivity index (χ2n) is 3.49. The molecule has 0 bridgehead atoms. The second kappa shape index (κ2) is 7.17. The Kier molecular flexibility index (Phi) is 6.53. The highest BCUT2D eigenvalue weighted by atomic mass is 16.4. The molecular weight excluding hydrogens is 182 g/mol. The lowest BCUT2D eigenvalue weighted by atomic mass is 10.2. The first-order chi connectivity index (χ1) is 6.57. The molecule has 5 heteroatoms. The number of nitrogens with one attached hydrogen (secondary N) is 1. The Morgan fingerprint density at radius 3 is 2.64 bits per heavy atom. The zero-order valence-electron chi connectivity index (χ0n) is 8.79. The van der Waals surface area contributed by atoms with Gasteiger partial charge in [0.25, 0.3) is 0 Å². The molecule has 4 N–H and O–H groups in total. The lowest BCUT2D eigenvalue weighted by molar-refractivity contribution is -0.123. The Balaban J connectivity index is 3.35. The normalized spacial score (nSPS) is 11.8. The van der Waals surface area contributed by atoms with Gasteiger partial charge in [0.2, 0.25) is 5.91 Å². The number of nitrogens with zero attached hydrogens (tertiary/aromatic N) is 1. The molecule has 0 unspecified atom stereocenters. The van der Waals surface area contributed by atoms with Crippen molar-refractivity contribution in [1.29, 1.82) is 0 Å². The Morgan fingerprint density at radius 2 is 2.14 bits per heavy atom. The lowest BCUT2D eigenvalue weighted by Gasteiger charge is -2.06. The van der Waals surface area contributed by atoms with E-state index in [0.29, 0.717) is 13.0 Å². The molecule has 82 valence electrons. The van der Waals surface area contributed by atoms with Gasteiger partial charge in [-0.3, -0.25) is 4.79 Å². The predicted octanol–water partition coefficient (Wildman–Crippen LogP) is 0.675. The number of hydrogen-bond acceptors (Lipinski definition) is 3. The molecule has 0 aromatic rings. The number of amidine groups is 1. The summed E-state index contributed by atoms with van der Waals surface area (Å²) in [5, 5.41) is 13.9. The third kappa shape index (κ3) is 6.28. The summed E-state index contributed by atoms with van der Waals surface area (Å²) in [5.74, 6) is 0.327. The lowest BCUT2D eigenvalue weighted by Crippen LogP contribution is -2.28. The maximum absolute atomic E-state index is 11.1. The summed E-state index contributed by atoms with van der Waals surface area (Å²) in [4.78, 5) is 11.1. The minimum atomic E-state index is 0.0269. The van der Waals surface area contributed by atoms with Gasteiger partial charge in [0.1, 0.15) is 5.84 Å². The van der Waals surface area contributed by atoms with Gasteiger partial charge in [0.15, 0.2) is 0 Å². The third-order valence-corrected chi connectivity index (χ3v) is 1.81. The molecule has 0 aromatic heterocycles. The first-order valence-corrected chi connectivity index (χ1v) is 4.82. The highest BCUT2D eigenvalue weighted by Crippen LogP contribution is 1.95. The van der Waals surface area contributed by atoms with E-state index < -0.39 is 0 Å². The minimum absolute atomic E-state index is 0.0269. The highest BCUT2D eigenvalue weighted by Gasteiger charge is 2.04. The smallest absolute Gasteiger partial charge is 0.222 e. The number of amides is 1. The van der Waals surface area contributed by atoms with E-state index in [-0.39, 0.29) is 17.7 Å². The van der Waals surface area contributed by atoms with Gasteiger partial charge < -0.3 is 16.3 Å². The Bertz CT molecular complexity index is 202. The van der Waals surface area contributed by atoms with Gasteiger partial charge in [0, 0.05) is 18.9 Å². The first kappa shape index (κ1) is 12.7. The number of rotatable bonds is 6. The number of carbonyl (C=O) groups excluding carboxylic acids is 1. The van der Waals surface area contributed by atoms with E-state index in [1.54, 1.807) is 0 Å². The molecule has 0 saturated carbocycles. The maximum Gasteiger partial charge on any atom is 0.222 e. The molecule has 0 radical (unpaired) electrons. The van der Waals surface area contributed by atoms with Crippen LogP contribution in [0.25, 0.3) is 0 Å². The van der Waals surface area contributed by atoms with Gasteiger partial charge in [-0.2, -0.15) is 0 Å². The topological polar surface area (TPSA) is 87.7 Å². The van der Waals surface area contributed by atoms with E-state index in [1.807, 2.05) is 13.8 Å². The van der Waals surface area contributed by atoms with Crippen LogP contribution in [0.15, 0.2) is 5.16 Å². The van der Waals surface area contributed by atoms with Gasteiger partial charge >= 0.3 is 0 Å². The number of nitrogens with two attached hydrogens (primary N) is 1. The quantitative estimate of drug-likeness (QED) is 0.194. The van der Waals surface area contributed by atoms with E-state index in [4.69, 9.17) is 10.9 Å². The Hall–Kier alpha value is -1.26. The monoisotopic (exact) mass is 201 g/mol. The van der Waals surface area contributed by atoms with Crippen LogP contribution < -0.4 is 11.1 Å². The van der Waals surface area contributed by atoms with Crippen LogP contribution in [0, 0.1) is 5.92 Å². The first-order valence-electron chi connectivity index (χ1n) is 4.82. The number of carbonyl (C=O) groups is 1. The molecule has 0 heterocycles. The fourth-order valence-electron chi connectivity index (χ4n) is 0.897. The van der Waals surface area contributed by atoms with Gasteiger partial charge in [-0.25, -0.2) is 0 Å². The van der Waals surface area contributed by atoms with E-state index in [2.05, 4.69) is 10.5 Å². The van der Waals surface area contributed by atoms with Gasteiger partial charge in [-0.05, 0) is 12.8 Å². The largest absolute Gasteiger partial charge is 0.409 e. The molecule has 1 amide bonds. The average molecular weight is 201 g/mol. The van der Waals surface area contributed by atoms with Gasteiger partial charge in [0.05, 0.1) is 0 Å².